The minimum atomic E-state index is -0.569. The molecular weight excluding hydrogens is 537 g/mol. The summed E-state index contributed by atoms with van der Waals surface area (Å²) >= 11 is 14.1. The first-order chi connectivity index (χ1) is 16.7. The second-order valence-electron chi connectivity index (χ2n) is 6.80. The minimum absolute atomic E-state index is 0.0576. The van der Waals surface area contributed by atoms with Gasteiger partial charge in [-0.05, 0) is 30.3 Å². The number of hydrazone groups is 1. The van der Waals surface area contributed by atoms with E-state index in [-0.39, 0.29) is 22.0 Å². The molecule has 0 aliphatic rings. The van der Waals surface area contributed by atoms with Crippen LogP contribution >= 0.6 is 46.3 Å². The molecule has 4 aromatic rings. The first-order valence-electron chi connectivity index (χ1n) is 9.51. The van der Waals surface area contributed by atoms with E-state index in [0.717, 1.165) is 11.8 Å². The fourth-order valence-electron chi connectivity index (χ4n) is 2.89. The molecule has 10 nitrogen and oxygen atoms in total. The normalized spacial score (nSPS) is 11.1. The van der Waals surface area contributed by atoms with Gasteiger partial charge in [0.05, 0.1) is 41.8 Å². The van der Waals surface area contributed by atoms with Gasteiger partial charge in [-0.2, -0.15) is 5.10 Å². The van der Waals surface area contributed by atoms with Gasteiger partial charge >= 0.3 is 0 Å². The van der Waals surface area contributed by atoms with Crippen LogP contribution in [0.3, 0.4) is 0 Å². The number of hydrogen-bond acceptors (Lipinski definition) is 9. The van der Waals surface area contributed by atoms with Crippen LogP contribution in [0.15, 0.2) is 68.9 Å². The van der Waals surface area contributed by atoms with E-state index in [1.54, 1.807) is 6.07 Å². The molecule has 35 heavy (non-hydrogen) atoms. The van der Waals surface area contributed by atoms with Crippen LogP contribution in [0.25, 0.3) is 10.2 Å². The first-order valence-corrected chi connectivity index (χ1v) is 11.9. The monoisotopic (exact) mass is 547 g/mol. The van der Waals surface area contributed by atoms with Crippen LogP contribution in [0.1, 0.15) is 15.9 Å². The van der Waals surface area contributed by atoms with Gasteiger partial charge in [-0.15, -0.1) is 11.3 Å². The maximum Gasteiger partial charge on any atom is 0.283 e. The van der Waals surface area contributed by atoms with Crippen molar-refractivity contribution in [1.82, 2.24) is 10.4 Å². The molecule has 0 radical (unpaired) electrons. The Kier molecular flexibility index (Phi) is 7.26. The number of rotatable bonds is 7. The minimum Gasteiger partial charge on any atom is -0.267 e. The van der Waals surface area contributed by atoms with Crippen molar-refractivity contribution in [2.24, 2.45) is 5.10 Å². The Morgan fingerprint density at radius 1 is 1.06 bits per heavy atom. The van der Waals surface area contributed by atoms with E-state index in [9.17, 15) is 25.0 Å². The predicted octanol–water partition coefficient (Wildman–Crippen LogP) is 6.33. The van der Waals surface area contributed by atoms with Gasteiger partial charge in [0.25, 0.3) is 17.3 Å². The van der Waals surface area contributed by atoms with Gasteiger partial charge in [-0.1, -0.05) is 41.0 Å². The van der Waals surface area contributed by atoms with E-state index >= 15 is 0 Å². The zero-order valence-corrected chi connectivity index (χ0v) is 20.3. The number of hydrogen-bond donors (Lipinski definition) is 1. The highest BCUT2D eigenvalue weighted by molar-refractivity contribution is 8.01. The molecule has 0 aliphatic heterocycles. The van der Waals surface area contributed by atoms with Gasteiger partial charge in [-0.25, -0.2) is 10.4 Å². The van der Waals surface area contributed by atoms with E-state index in [1.807, 2.05) is 0 Å². The smallest absolute Gasteiger partial charge is 0.267 e. The summed E-state index contributed by atoms with van der Waals surface area (Å²) in [6.45, 7) is 0. The second-order valence-corrected chi connectivity index (χ2v) is 9.96. The quantitative estimate of drug-likeness (QED) is 0.162. The van der Waals surface area contributed by atoms with Crippen LogP contribution in [0.5, 0.6) is 0 Å². The van der Waals surface area contributed by atoms with Crippen molar-refractivity contribution in [2.45, 2.75) is 9.24 Å². The van der Waals surface area contributed by atoms with Crippen LogP contribution in [0, 0.1) is 20.2 Å². The van der Waals surface area contributed by atoms with E-state index < -0.39 is 15.8 Å². The Morgan fingerprint density at radius 2 is 1.86 bits per heavy atom. The topological polar surface area (TPSA) is 141 Å². The number of nitro groups is 2. The predicted molar refractivity (Wildman–Crippen MR) is 135 cm³/mol. The van der Waals surface area contributed by atoms with E-state index in [1.165, 1.54) is 66.1 Å². The summed E-state index contributed by atoms with van der Waals surface area (Å²) in [6, 6.07) is 13.1. The lowest BCUT2D eigenvalue weighted by Gasteiger charge is -2.03. The molecule has 0 atom stereocenters. The number of non-ortho nitro benzene ring substituents is 1. The molecule has 176 valence electrons. The third kappa shape index (κ3) is 5.74. The molecule has 1 aromatic heterocycles. The molecule has 1 heterocycles. The average Bonchev–Trinajstić information content (AvgIpc) is 3.21. The number of halogens is 2. The standard InChI is InChI=1S/C21H11Cl2N5O5S2/c22-12-2-4-14(15(23)8-12)20(29)26-24-10-11-1-6-18(17(7-11)28(32)33)34-21-25-16-5-3-13(27(30)31)9-19(16)35-21/h1-10H,(H,26,29)/b24-10-. The number of carbonyl (C=O) groups is 1. The SMILES string of the molecule is O=C(N/N=C\c1ccc(Sc2nc3ccc([N+](=O)[O-])cc3s2)c([N+](=O)[O-])c1)c1ccc(Cl)cc1Cl. The maximum absolute atomic E-state index is 12.2. The maximum atomic E-state index is 12.2. The molecule has 1 amide bonds. The fourth-order valence-corrected chi connectivity index (χ4v) is 5.52. The van der Waals surface area contributed by atoms with Crippen molar-refractivity contribution >= 4 is 80.0 Å². The summed E-state index contributed by atoms with van der Waals surface area (Å²) in [5.74, 6) is -0.569. The number of benzene rings is 3. The van der Waals surface area contributed by atoms with Crippen LogP contribution in [-0.4, -0.2) is 27.0 Å². The Morgan fingerprint density at radius 3 is 2.57 bits per heavy atom. The molecule has 0 spiro atoms. The number of nitrogens with one attached hydrogen (secondary N) is 1. The molecule has 4 rings (SSSR count). The molecule has 0 saturated heterocycles. The Balaban J connectivity index is 1.52. The van der Waals surface area contributed by atoms with Crippen molar-refractivity contribution < 1.29 is 14.6 Å². The summed E-state index contributed by atoms with van der Waals surface area (Å²) < 4.78 is 1.10. The number of nitrogens with zero attached hydrogens (tertiary/aromatic N) is 4. The van der Waals surface area contributed by atoms with Crippen LogP contribution in [0.4, 0.5) is 11.4 Å². The highest BCUT2D eigenvalue weighted by Gasteiger charge is 2.18. The van der Waals surface area contributed by atoms with Gasteiger partial charge in [0.2, 0.25) is 0 Å². The number of nitro benzene ring substituents is 2. The Bertz CT molecular complexity index is 1530. The third-order valence-corrected chi connectivity index (χ3v) is 7.19. The molecule has 0 unspecified atom stereocenters. The van der Waals surface area contributed by atoms with Crippen LogP contribution < -0.4 is 5.43 Å². The van der Waals surface area contributed by atoms with Crippen LogP contribution in [-0.2, 0) is 0 Å². The zero-order valence-electron chi connectivity index (χ0n) is 17.2. The second kappa shape index (κ2) is 10.4. The van der Waals surface area contributed by atoms with Gasteiger partial charge in [0, 0.05) is 28.8 Å². The van der Waals surface area contributed by atoms with Crippen molar-refractivity contribution in [3.05, 3.63) is 96.0 Å². The lowest BCUT2D eigenvalue weighted by molar-refractivity contribution is -0.387. The highest BCUT2D eigenvalue weighted by Crippen LogP contribution is 2.39. The fraction of sp³-hybridized carbons (Fsp3) is 0. The number of carbonyl (C=O) groups excluding carboxylic acids is 1. The molecule has 1 N–H and O–H groups in total. The lowest BCUT2D eigenvalue weighted by atomic mass is 10.2. The average molecular weight is 548 g/mol. The number of aromatic nitrogens is 1. The summed E-state index contributed by atoms with van der Waals surface area (Å²) in [4.78, 5) is 38.5. The van der Waals surface area contributed by atoms with Crippen LogP contribution in [0.2, 0.25) is 10.0 Å². The van der Waals surface area contributed by atoms with Crippen molar-refractivity contribution in [3.63, 3.8) is 0 Å². The largest absolute Gasteiger partial charge is 0.283 e. The van der Waals surface area contributed by atoms with E-state index in [4.69, 9.17) is 23.2 Å². The molecule has 14 heteroatoms. The van der Waals surface area contributed by atoms with E-state index in [0.29, 0.717) is 30.0 Å². The molecule has 0 bridgehead atoms. The number of fused-ring (bicyclic) bond motifs is 1. The summed E-state index contributed by atoms with van der Waals surface area (Å²) in [5.41, 5.74) is 3.18. The number of amides is 1. The van der Waals surface area contributed by atoms with Crippen molar-refractivity contribution in [1.29, 1.82) is 0 Å². The van der Waals surface area contributed by atoms with Gasteiger partial charge < -0.3 is 0 Å². The van der Waals surface area contributed by atoms with Gasteiger partial charge in [0.1, 0.15) is 0 Å². The molecule has 0 fully saturated rings. The molecule has 0 aliphatic carbocycles. The van der Waals surface area contributed by atoms with Gasteiger partial charge in [0.15, 0.2) is 4.34 Å². The summed E-state index contributed by atoms with van der Waals surface area (Å²) in [7, 11) is 0. The summed E-state index contributed by atoms with van der Waals surface area (Å²) in [5, 5.41) is 27.0. The van der Waals surface area contributed by atoms with Gasteiger partial charge in [-0.3, -0.25) is 25.0 Å². The van der Waals surface area contributed by atoms with E-state index in [2.05, 4.69) is 15.5 Å². The first kappa shape index (κ1) is 24.5. The third-order valence-electron chi connectivity index (χ3n) is 4.50. The summed E-state index contributed by atoms with van der Waals surface area (Å²) in [6.07, 6.45) is 1.26. The Hall–Kier alpha value is -3.58. The Labute approximate surface area is 214 Å². The van der Waals surface area contributed by atoms with Crippen molar-refractivity contribution in [2.75, 3.05) is 0 Å². The molecule has 0 saturated carbocycles. The lowest BCUT2D eigenvalue weighted by Crippen LogP contribution is -2.18. The zero-order chi connectivity index (χ0) is 25.1. The molecular formula is C21H11Cl2N5O5S2. The highest BCUT2D eigenvalue weighted by atomic mass is 35.5. The van der Waals surface area contributed by atoms with Crippen molar-refractivity contribution in [3.8, 4) is 0 Å². The molecule has 3 aromatic carbocycles. The number of thiazole rings is 1.